The highest BCUT2D eigenvalue weighted by Crippen LogP contribution is 2.15. The summed E-state index contributed by atoms with van der Waals surface area (Å²) in [4.78, 5) is 23.1. The Morgan fingerprint density at radius 3 is 2.15 bits per heavy atom. The van der Waals surface area contributed by atoms with E-state index in [0.717, 1.165) is 6.04 Å². The summed E-state index contributed by atoms with van der Waals surface area (Å²) in [6.07, 6.45) is -0.812. The monoisotopic (exact) mass is 304 g/mol. The number of carbonyl (C=O) groups excluding carboxylic acids is 2. The van der Waals surface area contributed by atoms with Crippen LogP contribution in [0.5, 0.6) is 0 Å². The van der Waals surface area contributed by atoms with E-state index in [4.69, 9.17) is 14.2 Å². The summed E-state index contributed by atoms with van der Waals surface area (Å²) in [6.45, 7) is 14.0. The first-order valence-corrected chi connectivity index (χ1v) is 10.6. The van der Waals surface area contributed by atoms with Crippen molar-refractivity contribution in [3.8, 4) is 0 Å². The number of hydrogen-bond donors (Lipinski definition) is 0. The van der Waals surface area contributed by atoms with E-state index in [2.05, 4.69) is 19.6 Å². The molecule has 0 rings (SSSR count). The minimum Gasteiger partial charge on any atom is -0.391 e. The molecule has 0 radical (unpaired) electrons. The standard InChI is InChI=1S/C14H28O5Si/c1-11(12(15)19-13(16)14(2,3)4)18-10-17-8-9-20(5,6)7/h11H,8-10H2,1-7H3/t11-/m1/s1. The molecule has 0 saturated heterocycles. The highest BCUT2D eigenvalue weighted by Gasteiger charge is 2.28. The molecule has 0 unspecified atom stereocenters. The van der Waals surface area contributed by atoms with Crippen LogP contribution in [0.2, 0.25) is 25.7 Å². The summed E-state index contributed by atoms with van der Waals surface area (Å²) in [6, 6.07) is 1.04. The van der Waals surface area contributed by atoms with Gasteiger partial charge in [0.15, 0.2) is 6.10 Å². The van der Waals surface area contributed by atoms with Gasteiger partial charge in [-0.3, -0.25) is 4.79 Å². The molecule has 0 aliphatic rings. The van der Waals surface area contributed by atoms with Crippen LogP contribution in [-0.4, -0.2) is 39.5 Å². The quantitative estimate of drug-likeness (QED) is 0.238. The topological polar surface area (TPSA) is 61.8 Å². The molecule has 5 nitrogen and oxygen atoms in total. The van der Waals surface area contributed by atoms with Crippen LogP contribution in [-0.2, 0) is 23.8 Å². The van der Waals surface area contributed by atoms with Gasteiger partial charge in [0, 0.05) is 14.7 Å². The van der Waals surface area contributed by atoms with Crippen molar-refractivity contribution in [2.45, 2.75) is 59.5 Å². The van der Waals surface area contributed by atoms with Crippen LogP contribution in [0.15, 0.2) is 0 Å². The average Bonchev–Trinajstić information content (AvgIpc) is 2.25. The molecular formula is C14H28O5Si. The molecule has 0 bridgehead atoms. The second-order valence-corrected chi connectivity index (χ2v) is 12.7. The Kier molecular flexibility index (Phi) is 7.62. The highest BCUT2D eigenvalue weighted by atomic mass is 28.3. The first kappa shape index (κ1) is 19.3. The number of esters is 2. The van der Waals surface area contributed by atoms with E-state index in [1.165, 1.54) is 0 Å². The summed E-state index contributed by atoms with van der Waals surface area (Å²) in [5.41, 5.74) is -0.705. The van der Waals surface area contributed by atoms with Crippen LogP contribution < -0.4 is 0 Å². The van der Waals surface area contributed by atoms with Crippen molar-refractivity contribution in [2.24, 2.45) is 5.41 Å². The lowest BCUT2D eigenvalue weighted by atomic mass is 9.97. The van der Waals surface area contributed by atoms with Gasteiger partial charge in [-0.25, -0.2) is 4.79 Å². The molecule has 1 atom stereocenters. The molecule has 20 heavy (non-hydrogen) atoms. The molecule has 0 fully saturated rings. The van der Waals surface area contributed by atoms with Gasteiger partial charge >= 0.3 is 11.9 Å². The van der Waals surface area contributed by atoms with E-state index in [1.54, 1.807) is 27.7 Å². The van der Waals surface area contributed by atoms with Crippen molar-refractivity contribution in [2.75, 3.05) is 13.4 Å². The Morgan fingerprint density at radius 2 is 1.70 bits per heavy atom. The van der Waals surface area contributed by atoms with Crippen LogP contribution >= 0.6 is 0 Å². The molecule has 0 aliphatic heterocycles. The van der Waals surface area contributed by atoms with Crippen LogP contribution in [0.3, 0.4) is 0 Å². The zero-order valence-corrected chi connectivity index (χ0v) is 14.7. The van der Waals surface area contributed by atoms with Gasteiger partial charge in [-0.05, 0) is 33.7 Å². The third-order valence-electron chi connectivity index (χ3n) is 2.54. The smallest absolute Gasteiger partial charge is 0.342 e. The lowest BCUT2D eigenvalue weighted by Gasteiger charge is -2.18. The molecule has 0 N–H and O–H groups in total. The summed E-state index contributed by atoms with van der Waals surface area (Å²) in [7, 11) is -1.12. The predicted molar refractivity (Wildman–Crippen MR) is 80.1 cm³/mol. The molecule has 0 saturated carbocycles. The number of hydrogen-bond acceptors (Lipinski definition) is 5. The largest absolute Gasteiger partial charge is 0.391 e. The Bertz CT molecular complexity index is 327. The minimum atomic E-state index is -1.12. The van der Waals surface area contributed by atoms with Gasteiger partial charge in [0.05, 0.1) is 5.41 Å². The van der Waals surface area contributed by atoms with Crippen molar-refractivity contribution in [3.05, 3.63) is 0 Å². The molecule has 118 valence electrons. The highest BCUT2D eigenvalue weighted by molar-refractivity contribution is 6.76. The van der Waals surface area contributed by atoms with E-state index < -0.39 is 31.5 Å². The molecule has 0 amide bonds. The summed E-state index contributed by atoms with van der Waals surface area (Å²) in [5, 5.41) is 0. The van der Waals surface area contributed by atoms with Gasteiger partial charge in [-0.15, -0.1) is 0 Å². The third kappa shape index (κ3) is 9.22. The summed E-state index contributed by atoms with van der Waals surface area (Å²) < 4.78 is 15.3. The van der Waals surface area contributed by atoms with E-state index in [1.807, 2.05) is 0 Å². The molecule has 0 heterocycles. The molecule has 0 aliphatic carbocycles. The molecule has 0 aromatic rings. The lowest BCUT2D eigenvalue weighted by Crippen LogP contribution is -2.32. The first-order chi connectivity index (χ1) is 8.93. The van der Waals surface area contributed by atoms with Crippen LogP contribution in [0.25, 0.3) is 0 Å². The third-order valence-corrected chi connectivity index (χ3v) is 4.24. The van der Waals surface area contributed by atoms with Crippen LogP contribution in [0.1, 0.15) is 27.7 Å². The van der Waals surface area contributed by atoms with E-state index in [9.17, 15) is 9.59 Å². The normalized spacial score (nSPS) is 13.9. The van der Waals surface area contributed by atoms with Crippen LogP contribution in [0, 0.1) is 5.41 Å². The van der Waals surface area contributed by atoms with E-state index in [0.29, 0.717) is 6.61 Å². The van der Waals surface area contributed by atoms with Crippen molar-refractivity contribution in [3.63, 3.8) is 0 Å². The second kappa shape index (κ2) is 7.90. The summed E-state index contributed by atoms with van der Waals surface area (Å²) in [5.74, 6) is -1.24. The first-order valence-electron chi connectivity index (χ1n) is 6.89. The van der Waals surface area contributed by atoms with Gasteiger partial charge in [-0.1, -0.05) is 19.6 Å². The van der Waals surface area contributed by atoms with Gasteiger partial charge in [0.25, 0.3) is 0 Å². The molecule has 6 heteroatoms. The zero-order chi connectivity index (χ0) is 16.0. The van der Waals surface area contributed by atoms with Crippen LogP contribution in [0.4, 0.5) is 0 Å². The Hall–Kier alpha value is -0.723. The second-order valence-electron chi connectivity index (χ2n) is 7.10. The lowest BCUT2D eigenvalue weighted by molar-refractivity contribution is -0.177. The van der Waals surface area contributed by atoms with Gasteiger partial charge < -0.3 is 14.2 Å². The summed E-state index contributed by atoms with van der Waals surface area (Å²) >= 11 is 0. The van der Waals surface area contributed by atoms with Crippen molar-refractivity contribution in [1.82, 2.24) is 0 Å². The average molecular weight is 304 g/mol. The van der Waals surface area contributed by atoms with Crippen molar-refractivity contribution >= 4 is 20.0 Å². The van der Waals surface area contributed by atoms with E-state index in [-0.39, 0.29) is 6.79 Å². The SMILES string of the molecule is C[C@@H](OCOCC[Si](C)(C)C)C(=O)OC(=O)C(C)(C)C. The number of carbonyl (C=O) groups is 2. The maximum atomic E-state index is 11.6. The van der Waals surface area contributed by atoms with Gasteiger partial charge in [0.2, 0.25) is 0 Å². The fourth-order valence-electron chi connectivity index (χ4n) is 0.983. The van der Waals surface area contributed by atoms with Crippen molar-refractivity contribution < 1.29 is 23.8 Å². The zero-order valence-electron chi connectivity index (χ0n) is 13.7. The maximum absolute atomic E-state index is 11.6. The van der Waals surface area contributed by atoms with Crippen molar-refractivity contribution in [1.29, 1.82) is 0 Å². The maximum Gasteiger partial charge on any atom is 0.342 e. The fraction of sp³-hybridized carbons (Fsp3) is 0.857. The van der Waals surface area contributed by atoms with Gasteiger partial charge in [-0.2, -0.15) is 0 Å². The Labute approximate surface area is 123 Å². The minimum absolute atomic E-state index is 0.0322. The van der Waals surface area contributed by atoms with E-state index >= 15 is 0 Å². The Balaban J connectivity index is 3.90. The molecule has 0 spiro atoms. The molecule has 0 aromatic heterocycles. The predicted octanol–water partition coefficient (Wildman–Crippen LogP) is 2.82. The number of rotatable bonds is 7. The number of ether oxygens (including phenoxy) is 3. The molecule has 0 aromatic carbocycles. The fourth-order valence-corrected chi connectivity index (χ4v) is 1.74. The van der Waals surface area contributed by atoms with Gasteiger partial charge in [0.1, 0.15) is 6.79 Å². The molecular weight excluding hydrogens is 276 g/mol. The Morgan fingerprint density at radius 1 is 1.15 bits per heavy atom.